The largest absolute Gasteiger partial charge is 0.435 e. The van der Waals surface area contributed by atoms with Crippen LogP contribution in [-0.2, 0) is 7.05 Å². The number of aryl methyl sites for hydroxylation is 2. The molecule has 1 aromatic carbocycles. The number of hydrogen-bond donors (Lipinski definition) is 2. The van der Waals surface area contributed by atoms with Crippen LogP contribution in [0.5, 0.6) is 5.75 Å². The number of rotatable bonds is 6. The lowest BCUT2D eigenvalue weighted by Gasteiger charge is -2.13. The Balaban J connectivity index is 1.92. The first-order chi connectivity index (χ1) is 10.9. The van der Waals surface area contributed by atoms with Crippen LogP contribution in [0.2, 0.25) is 0 Å². The predicted molar refractivity (Wildman–Crippen MR) is 78.3 cm³/mol. The van der Waals surface area contributed by atoms with Gasteiger partial charge in [-0.15, -0.1) is 0 Å². The average molecular weight is 325 g/mol. The molecule has 1 atom stereocenters. The quantitative estimate of drug-likeness (QED) is 0.849. The Kier molecular flexibility index (Phi) is 5.28. The molecular formula is C15H17F2N3O3. The number of carbonyl (C=O) groups is 1. The van der Waals surface area contributed by atoms with Crippen LogP contribution in [0.4, 0.5) is 8.78 Å². The molecule has 8 heteroatoms. The summed E-state index contributed by atoms with van der Waals surface area (Å²) in [6.07, 6.45) is -0.964. The number of alkyl halides is 2. The summed E-state index contributed by atoms with van der Waals surface area (Å²) in [5.74, 6) is -0.352. The average Bonchev–Trinajstić information content (AvgIpc) is 2.83. The minimum absolute atomic E-state index is 0.00495. The molecule has 2 N–H and O–H groups in total. The fourth-order valence-electron chi connectivity index (χ4n) is 2.09. The third kappa shape index (κ3) is 4.49. The van der Waals surface area contributed by atoms with Gasteiger partial charge in [0.15, 0.2) is 0 Å². The van der Waals surface area contributed by atoms with Gasteiger partial charge in [0, 0.05) is 13.6 Å². The van der Waals surface area contributed by atoms with Crippen molar-refractivity contribution in [2.45, 2.75) is 19.6 Å². The van der Waals surface area contributed by atoms with E-state index in [-0.39, 0.29) is 18.2 Å². The lowest BCUT2D eigenvalue weighted by Crippen LogP contribution is -2.29. The van der Waals surface area contributed by atoms with E-state index in [4.69, 9.17) is 0 Å². The Hall–Kier alpha value is -2.48. The summed E-state index contributed by atoms with van der Waals surface area (Å²) in [6, 6.07) is 7.22. The van der Waals surface area contributed by atoms with Crippen molar-refractivity contribution in [1.82, 2.24) is 15.1 Å². The maximum atomic E-state index is 12.1. The third-order valence-electron chi connectivity index (χ3n) is 3.18. The normalized spacial score (nSPS) is 12.3. The number of nitrogens with one attached hydrogen (secondary N) is 1. The van der Waals surface area contributed by atoms with Crippen molar-refractivity contribution in [2.24, 2.45) is 7.05 Å². The minimum Gasteiger partial charge on any atom is -0.435 e. The van der Waals surface area contributed by atoms with Crippen LogP contribution in [0, 0.1) is 6.92 Å². The molecule has 0 fully saturated rings. The van der Waals surface area contributed by atoms with Crippen molar-refractivity contribution in [2.75, 3.05) is 6.54 Å². The van der Waals surface area contributed by atoms with Crippen LogP contribution in [0.25, 0.3) is 0 Å². The monoisotopic (exact) mass is 325 g/mol. The molecule has 0 aliphatic heterocycles. The van der Waals surface area contributed by atoms with E-state index in [9.17, 15) is 18.7 Å². The number of halogens is 2. The summed E-state index contributed by atoms with van der Waals surface area (Å²) in [5, 5.41) is 16.7. The molecule has 0 saturated carbocycles. The van der Waals surface area contributed by atoms with Crippen molar-refractivity contribution in [1.29, 1.82) is 0 Å². The highest BCUT2D eigenvalue weighted by Crippen LogP contribution is 2.19. The minimum atomic E-state index is -2.90. The first-order valence-corrected chi connectivity index (χ1v) is 6.88. The maximum absolute atomic E-state index is 12.1. The van der Waals surface area contributed by atoms with Crippen LogP contribution in [0.3, 0.4) is 0 Å². The van der Waals surface area contributed by atoms with E-state index in [2.05, 4.69) is 15.2 Å². The summed E-state index contributed by atoms with van der Waals surface area (Å²) in [6.45, 7) is -1.14. The number of benzene rings is 1. The number of aliphatic hydroxyl groups excluding tert-OH is 1. The SMILES string of the molecule is Cc1cc(C(=O)NCC(O)c2ccc(OC(F)F)cc2)n(C)n1. The van der Waals surface area contributed by atoms with Crippen LogP contribution >= 0.6 is 0 Å². The van der Waals surface area contributed by atoms with Gasteiger partial charge in [0.1, 0.15) is 11.4 Å². The summed E-state index contributed by atoms with van der Waals surface area (Å²) < 4.78 is 29.8. The van der Waals surface area contributed by atoms with Gasteiger partial charge in [-0.2, -0.15) is 13.9 Å². The van der Waals surface area contributed by atoms with Gasteiger partial charge < -0.3 is 15.2 Å². The number of aromatic nitrogens is 2. The van der Waals surface area contributed by atoms with E-state index >= 15 is 0 Å². The van der Waals surface area contributed by atoms with E-state index in [0.717, 1.165) is 0 Å². The molecule has 0 aliphatic carbocycles. The van der Waals surface area contributed by atoms with Gasteiger partial charge in [-0.1, -0.05) is 12.1 Å². The summed E-state index contributed by atoms with van der Waals surface area (Å²) in [7, 11) is 1.65. The Morgan fingerprint density at radius 1 is 1.39 bits per heavy atom. The smallest absolute Gasteiger partial charge is 0.387 e. The third-order valence-corrected chi connectivity index (χ3v) is 3.18. The topological polar surface area (TPSA) is 76.4 Å². The van der Waals surface area contributed by atoms with Gasteiger partial charge in [-0.05, 0) is 30.7 Å². The molecule has 0 aliphatic rings. The second-order valence-electron chi connectivity index (χ2n) is 4.97. The summed E-state index contributed by atoms with van der Waals surface area (Å²) in [5.41, 5.74) is 1.58. The van der Waals surface area contributed by atoms with E-state index in [1.165, 1.54) is 28.9 Å². The zero-order valence-corrected chi connectivity index (χ0v) is 12.7. The van der Waals surface area contributed by atoms with Crippen LogP contribution in [0.1, 0.15) is 27.8 Å². The highest BCUT2D eigenvalue weighted by atomic mass is 19.3. The molecule has 0 saturated heterocycles. The zero-order chi connectivity index (χ0) is 17.0. The number of ether oxygens (including phenoxy) is 1. The maximum Gasteiger partial charge on any atom is 0.387 e. The molecule has 1 unspecified atom stereocenters. The number of hydrogen-bond acceptors (Lipinski definition) is 4. The number of amides is 1. The van der Waals surface area contributed by atoms with E-state index in [1.807, 2.05) is 0 Å². The number of carbonyl (C=O) groups excluding carboxylic acids is 1. The molecular weight excluding hydrogens is 308 g/mol. The van der Waals surface area contributed by atoms with Crippen molar-refractivity contribution in [3.63, 3.8) is 0 Å². The molecule has 0 spiro atoms. The van der Waals surface area contributed by atoms with Gasteiger partial charge >= 0.3 is 6.61 Å². The van der Waals surface area contributed by atoms with Gasteiger partial charge in [-0.25, -0.2) is 0 Å². The molecule has 1 heterocycles. The van der Waals surface area contributed by atoms with E-state index < -0.39 is 12.7 Å². The zero-order valence-electron chi connectivity index (χ0n) is 12.7. The summed E-state index contributed by atoms with van der Waals surface area (Å²) in [4.78, 5) is 12.0. The van der Waals surface area contributed by atoms with Crippen LogP contribution < -0.4 is 10.1 Å². The Morgan fingerprint density at radius 3 is 2.57 bits per heavy atom. The molecule has 1 aromatic heterocycles. The van der Waals surface area contributed by atoms with Gasteiger partial charge in [0.2, 0.25) is 0 Å². The highest BCUT2D eigenvalue weighted by Gasteiger charge is 2.14. The second kappa shape index (κ2) is 7.19. The van der Waals surface area contributed by atoms with Gasteiger partial charge in [0.25, 0.3) is 5.91 Å². The van der Waals surface area contributed by atoms with E-state index in [0.29, 0.717) is 17.0 Å². The lowest BCUT2D eigenvalue weighted by molar-refractivity contribution is -0.0498. The van der Waals surface area contributed by atoms with Gasteiger partial charge in [0.05, 0.1) is 11.8 Å². The molecule has 2 rings (SSSR count). The molecule has 6 nitrogen and oxygen atoms in total. The molecule has 124 valence electrons. The van der Waals surface area contributed by atoms with Gasteiger partial charge in [-0.3, -0.25) is 9.48 Å². The first-order valence-electron chi connectivity index (χ1n) is 6.88. The van der Waals surface area contributed by atoms with Crippen LogP contribution in [-0.4, -0.2) is 34.0 Å². The van der Waals surface area contributed by atoms with Crippen molar-refractivity contribution < 1.29 is 23.4 Å². The highest BCUT2D eigenvalue weighted by molar-refractivity contribution is 5.92. The first kappa shape index (κ1) is 16.9. The number of nitrogens with zero attached hydrogens (tertiary/aromatic N) is 2. The predicted octanol–water partition coefficient (Wildman–Crippen LogP) is 1.79. The second-order valence-corrected chi connectivity index (χ2v) is 4.97. The Labute approximate surface area is 131 Å². The molecule has 0 radical (unpaired) electrons. The fraction of sp³-hybridized carbons (Fsp3) is 0.333. The van der Waals surface area contributed by atoms with E-state index in [1.54, 1.807) is 20.0 Å². The molecule has 23 heavy (non-hydrogen) atoms. The van der Waals surface area contributed by atoms with Crippen molar-refractivity contribution >= 4 is 5.91 Å². The lowest BCUT2D eigenvalue weighted by atomic mass is 10.1. The summed E-state index contributed by atoms with van der Waals surface area (Å²) >= 11 is 0. The Morgan fingerprint density at radius 2 is 2.04 bits per heavy atom. The molecule has 1 amide bonds. The number of aliphatic hydroxyl groups is 1. The van der Waals surface area contributed by atoms with Crippen molar-refractivity contribution in [3.8, 4) is 5.75 Å². The Bertz CT molecular complexity index is 671. The molecule has 2 aromatic rings. The standard InChI is InChI=1S/C15H17F2N3O3/c1-9-7-12(20(2)19-9)14(22)18-8-13(21)10-3-5-11(6-4-10)23-15(16)17/h3-7,13,15,21H,8H2,1-2H3,(H,18,22). The fourth-order valence-corrected chi connectivity index (χ4v) is 2.09. The van der Waals surface area contributed by atoms with Crippen LogP contribution in [0.15, 0.2) is 30.3 Å². The molecule has 0 bridgehead atoms. The van der Waals surface area contributed by atoms with Crippen molar-refractivity contribution in [3.05, 3.63) is 47.3 Å².